The Morgan fingerprint density at radius 3 is 2.36 bits per heavy atom. The van der Waals surface area contributed by atoms with Gasteiger partial charge in [-0.1, -0.05) is 6.07 Å². The number of rotatable bonds is 4. The van der Waals surface area contributed by atoms with Gasteiger partial charge in [-0.2, -0.15) is 13.2 Å². The number of fused-ring (bicyclic) bond motifs is 3. The van der Waals surface area contributed by atoms with Gasteiger partial charge in [0, 0.05) is 49.0 Å². The molecule has 200 valence electrons. The maximum Gasteiger partial charge on any atom is 0.418 e. The van der Waals surface area contributed by atoms with Crippen LogP contribution in [-0.4, -0.2) is 39.3 Å². The molecule has 1 aliphatic rings. The molecule has 0 N–H and O–H groups in total. The number of anilines is 1. The molecule has 1 saturated heterocycles. The molecule has 0 unspecified atom stereocenters. The molecule has 4 heterocycles. The van der Waals surface area contributed by atoms with Crippen molar-refractivity contribution >= 4 is 27.6 Å². The average molecular weight is 534 g/mol. The van der Waals surface area contributed by atoms with Gasteiger partial charge in [-0.15, -0.1) is 0 Å². The molecule has 7 nitrogen and oxygen atoms in total. The van der Waals surface area contributed by atoms with Crippen LogP contribution in [0, 0.1) is 0 Å². The van der Waals surface area contributed by atoms with Crippen LogP contribution in [-0.2, 0) is 13.2 Å². The number of pyridine rings is 2. The number of alkyl halides is 3. The second-order valence-electron chi connectivity index (χ2n) is 9.74. The molecule has 39 heavy (non-hydrogen) atoms. The van der Waals surface area contributed by atoms with Crippen LogP contribution in [0.2, 0.25) is 0 Å². The topological polar surface area (TPSA) is 65.2 Å². The zero-order valence-electron chi connectivity index (χ0n) is 21.5. The Bertz CT molecular complexity index is 1750. The van der Waals surface area contributed by atoms with E-state index in [1.807, 2.05) is 24.3 Å². The van der Waals surface area contributed by atoms with Gasteiger partial charge >= 0.3 is 11.9 Å². The highest BCUT2D eigenvalue weighted by atomic mass is 19.4. The maximum absolute atomic E-state index is 14.3. The summed E-state index contributed by atoms with van der Waals surface area (Å²) >= 11 is 0. The van der Waals surface area contributed by atoms with E-state index in [0.717, 1.165) is 36.5 Å². The maximum atomic E-state index is 14.3. The third kappa shape index (κ3) is 4.29. The Labute approximate surface area is 222 Å². The second kappa shape index (κ2) is 9.44. The van der Waals surface area contributed by atoms with Crippen LogP contribution in [0.15, 0.2) is 65.7 Å². The molecule has 2 aromatic carbocycles. The van der Waals surface area contributed by atoms with Crippen LogP contribution in [0.1, 0.15) is 24.8 Å². The lowest BCUT2D eigenvalue weighted by Crippen LogP contribution is -2.31. The van der Waals surface area contributed by atoms with Crippen LogP contribution in [0.3, 0.4) is 0 Å². The Kier molecular flexibility index (Phi) is 6.05. The van der Waals surface area contributed by atoms with Crippen molar-refractivity contribution in [1.29, 1.82) is 0 Å². The molecule has 3 aromatic heterocycles. The predicted molar refractivity (Wildman–Crippen MR) is 145 cm³/mol. The van der Waals surface area contributed by atoms with Gasteiger partial charge in [-0.3, -0.25) is 14.1 Å². The number of nitrogens with zero attached hydrogens (tertiary/aromatic N) is 5. The highest BCUT2D eigenvalue weighted by molar-refractivity contribution is 6.04. The number of aryl methyl sites for hydroxylation is 1. The van der Waals surface area contributed by atoms with E-state index in [9.17, 15) is 18.0 Å². The molecule has 10 heteroatoms. The summed E-state index contributed by atoms with van der Waals surface area (Å²) in [6, 6.07) is 13.4. The van der Waals surface area contributed by atoms with E-state index in [2.05, 4.69) is 9.97 Å². The van der Waals surface area contributed by atoms with Crippen molar-refractivity contribution < 1.29 is 17.9 Å². The van der Waals surface area contributed by atoms with Gasteiger partial charge in [-0.25, -0.2) is 9.78 Å². The highest BCUT2D eigenvalue weighted by Gasteiger charge is 2.36. The summed E-state index contributed by atoms with van der Waals surface area (Å²) in [4.78, 5) is 24.1. The molecule has 6 rings (SSSR count). The second-order valence-corrected chi connectivity index (χ2v) is 9.74. The molecule has 5 aromatic rings. The first-order chi connectivity index (χ1) is 18.8. The van der Waals surface area contributed by atoms with Crippen molar-refractivity contribution in [3.63, 3.8) is 0 Å². The van der Waals surface area contributed by atoms with Crippen molar-refractivity contribution in [2.24, 2.45) is 7.05 Å². The van der Waals surface area contributed by atoms with E-state index in [0.29, 0.717) is 40.9 Å². The quantitative estimate of drug-likeness (QED) is 0.285. The van der Waals surface area contributed by atoms with Crippen molar-refractivity contribution in [3.8, 4) is 22.7 Å². The summed E-state index contributed by atoms with van der Waals surface area (Å²) in [7, 11) is 3.14. The number of benzene rings is 2. The molecule has 0 spiro atoms. The van der Waals surface area contributed by atoms with Crippen LogP contribution in [0.5, 0.6) is 5.88 Å². The van der Waals surface area contributed by atoms with E-state index in [1.54, 1.807) is 43.6 Å². The van der Waals surface area contributed by atoms with Crippen molar-refractivity contribution in [2.45, 2.75) is 25.4 Å². The highest BCUT2D eigenvalue weighted by Crippen LogP contribution is 2.39. The lowest BCUT2D eigenvalue weighted by atomic mass is 10.0. The molecule has 0 saturated carbocycles. The minimum absolute atomic E-state index is 0.153. The van der Waals surface area contributed by atoms with Crippen LogP contribution >= 0.6 is 0 Å². The Balaban J connectivity index is 1.58. The van der Waals surface area contributed by atoms with Crippen LogP contribution in [0.25, 0.3) is 38.8 Å². The summed E-state index contributed by atoms with van der Waals surface area (Å²) in [5, 5.41) is 0.646. The van der Waals surface area contributed by atoms with Gasteiger partial charge in [0.25, 0.3) is 0 Å². The fraction of sp³-hybridized carbons (Fsp3) is 0.276. The van der Waals surface area contributed by atoms with Gasteiger partial charge in [0.2, 0.25) is 5.88 Å². The lowest BCUT2D eigenvalue weighted by Gasteiger charge is -2.31. The van der Waals surface area contributed by atoms with E-state index in [4.69, 9.17) is 4.74 Å². The summed E-state index contributed by atoms with van der Waals surface area (Å²) in [6.07, 6.45) is 1.41. The number of halogens is 3. The zero-order chi connectivity index (χ0) is 27.3. The summed E-state index contributed by atoms with van der Waals surface area (Å²) < 4.78 is 50.9. The summed E-state index contributed by atoms with van der Waals surface area (Å²) in [5.41, 5.74) is 2.40. The molecule has 0 aliphatic carbocycles. The third-order valence-corrected chi connectivity index (χ3v) is 7.40. The molecule has 0 radical (unpaired) electrons. The van der Waals surface area contributed by atoms with Gasteiger partial charge in [0.05, 0.1) is 41.1 Å². The van der Waals surface area contributed by atoms with Gasteiger partial charge in [-0.05, 0) is 61.2 Å². The summed E-state index contributed by atoms with van der Waals surface area (Å²) in [5.74, 6) is 0.481. The van der Waals surface area contributed by atoms with Gasteiger partial charge in [0.15, 0.2) is 0 Å². The Hall–Kier alpha value is -4.34. The third-order valence-electron chi connectivity index (χ3n) is 7.40. The van der Waals surface area contributed by atoms with Crippen LogP contribution in [0.4, 0.5) is 18.9 Å². The molecular formula is C29H26F3N5O2. The minimum atomic E-state index is -4.57. The number of piperidine rings is 1. The molecule has 0 amide bonds. The number of hydrogen-bond acceptors (Lipinski definition) is 5. The largest absolute Gasteiger partial charge is 0.481 e. The fourth-order valence-electron chi connectivity index (χ4n) is 5.39. The van der Waals surface area contributed by atoms with Crippen molar-refractivity contribution in [2.75, 3.05) is 25.1 Å². The lowest BCUT2D eigenvalue weighted by molar-refractivity contribution is -0.137. The SMILES string of the molecule is COc1ccc(-c2ccc3ncc4c(c3c2)n(-c2ccc(N3CCCCC3)c(C(F)(F)F)c2)c(=O)n4C)cn1. The average Bonchev–Trinajstić information content (AvgIpc) is 3.22. The molecule has 1 aliphatic heterocycles. The van der Waals surface area contributed by atoms with Gasteiger partial charge < -0.3 is 9.64 Å². The smallest absolute Gasteiger partial charge is 0.418 e. The normalized spacial score (nSPS) is 14.3. The van der Waals surface area contributed by atoms with Gasteiger partial charge in [0.1, 0.15) is 0 Å². The Morgan fingerprint density at radius 2 is 1.67 bits per heavy atom. The number of imidazole rings is 1. The predicted octanol–water partition coefficient (Wildman–Crippen LogP) is 5.96. The Morgan fingerprint density at radius 1 is 0.897 bits per heavy atom. The molecular weight excluding hydrogens is 507 g/mol. The molecule has 1 fully saturated rings. The van der Waals surface area contributed by atoms with Crippen molar-refractivity contribution in [3.05, 3.63) is 77.0 Å². The zero-order valence-corrected chi connectivity index (χ0v) is 21.5. The standard InChI is InChI=1S/C29H26F3N5O2/c1-35-25-17-33-23-9-6-18(19-7-11-26(39-2)34-16-19)14-21(23)27(25)37(28(35)38)20-8-10-24(22(15-20)29(30,31)32)36-12-4-3-5-13-36/h6-11,14-17H,3-5,12-13H2,1-2H3. The monoisotopic (exact) mass is 533 g/mol. The van der Waals surface area contributed by atoms with Crippen LogP contribution < -0.4 is 15.3 Å². The first-order valence-corrected chi connectivity index (χ1v) is 12.7. The van der Waals surface area contributed by atoms with E-state index in [1.165, 1.54) is 15.2 Å². The van der Waals surface area contributed by atoms with E-state index < -0.39 is 17.4 Å². The van der Waals surface area contributed by atoms with Crippen molar-refractivity contribution in [1.82, 2.24) is 19.1 Å². The van der Waals surface area contributed by atoms with E-state index >= 15 is 0 Å². The number of aromatic nitrogens is 4. The van der Waals surface area contributed by atoms with E-state index in [-0.39, 0.29) is 11.4 Å². The number of ether oxygens (including phenoxy) is 1. The molecule has 0 atom stereocenters. The number of methoxy groups -OCH3 is 1. The summed E-state index contributed by atoms with van der Waals surface area (Å²) in [6.45, 7) is 1.16. The molecule has 0 bridgehead atoms. The fourth-order valence-corrected chi connectivity index (χ4v) is 5.39. The first-order valence-electron chi connectivity index (χ1n) is 12.7. The number of hydrogen-bond donors (Lipinski definition) is 0. The minimum Gasteiger partial charge on any atom is -0.481 e. The first kappa shape index (κ1) is 25.0.